The number of nitrogens with two attached hydrogens (primary N) is 1. The Morgan fingerprint density at radius 2 is 1.93 bits per heavy atom. The first-order valence-electron chi connectivity index (χ1n) is 4.20. The lowest BCUT2D eigenvalue weighted by Gasteiger charge is -2.07. The molecule has 1 rings (SSSR count). The first kappa shape index (κ1) is 12.4. The van der Waals surface area contributed by atoms with Crippen LogP contribution in [-0.2, 0) is 0 Å². The predicted molar refractivity (Wildman–Crippen MR) is 66.7 cm³/mol. The van der Waals surface area contributed by atoms with Crippen molar-refractivity contribution in [3.05, 3.63) is 28.2 Å². The Balaban J connectivity index is 2.40. The minimum atomic E-state index is 0.253. The number of nitrogens with one attached hydrogen (secondary N) is 1. The summed E-state index contributed by atoms with van der Waals surface area (Å²) in [6, 6.07) is 5.02. The summed E-state index contributed by atoms with van der Waals surface area (Å²) in [4.78, 5) is 0. The van der Waals surface area contributed by atoms with Gasteiger partial charge in [0.15, 0.2) is 5.11 Å². The first-order valence-corrected chi connectivity index (χ1v) is 5.36. The molecule has 15 heavy (non-hydrogen) atoms. The van der Waals surface area contributed by atoms with Gasteiger partial charge in [-0.2, -0.15) is 0 Å². The van der Waals surface area contributed by atoms with Gasteiger partial charge in [0.1, 0.15) is 12.4 Å². The third kappa shape index (κ3) is 5.06. The van der Waals surface area contributed by atoms with Crippen LogP contribution in [0.3, 0.4) is 0 Å². The van der Waals surface area contributed by atoms with Gasteiger partial charge in [-0.15, -0.1) is 0 Å². The summed E-state index contributed by atoms with van der Waals surface area (Å²) in [7, 11) is 0. The quantitative estimate of drug-likeness (QED) is 0.647. The minimum Gasteiger partial charge on any atom is -0.492 e. The van der Waals surface area contributed by atoms with E-state index in [1.807, 2.05) is 0 Å². The largest absolute Gasteiger partial charge is 0.492 e. The van der Waals surface area contributed by atoms with Gasteiger partial charge in [0, 0.05) is 10.0 Å². The molecule has 0 amide bonds. The maximum atomic E-state index is 5.79. The molecule has 0 saturated heterocycles. The third-order valence-corrected chi connectivity index (χ3v) is 2.09. The molecule has 0 bridgehead atoms. The van der Waals surface area contributed by atoms with E-state index in [9.17, 15) is 0 Å². The van der Waals surface area contributed by atoms with Crippen LogP contribution in [0.4, 0.5) is 0 Å². The highest BCUT2D eigenvalue weighted by Gasteiger charge is 1.98. The Labute approximate surface area is 103 Å². The summed E-state index contributed by atoms with van der Waals surface area (Å²) < 4.78 is 5.37. The lowest BCUT2D eigenvalue weighted by atomic mass is 10.3. The van der Waals surface area contributed by atoms with E-state index in [0.29, 0.717) is 28.9 Å². The zero-order valence-electron chi connectivity index (χ0n) is 7.80. The molecule has 0 unspecified atom stereocenters. The summed E-state index contributed by atoms with van der Waals surface area (Å²) in [5.74, 6) is 0.622. The van der Waals surface area contributed by atoms with Crippen molar-refractivity contribution in [3.63, 3.8) is 0 Å². The van der Waals surface area contributed by atoms with Crippen LogP contribution in [0.25, 0.3) is 0 Å². The van der Waals surface area contributed by atoms with Gasteiger partial charge in [-0.25, -0.2) is 0 Å². The van der Waals surface area contributed by atoms with E-state index < -0.39 is 0 Å². The number of ether oxygens (including phenoxy) is 1. The number of halogens is 2. The standard InChI is InChI=1S/C9H10Cl2N2OS/c10-6-3-7(11)5-8(4-6)14-2-1-13-9(12)15/h3-5H,1-2H2,(H3,12,13,15). The molecule has 0 radical (unpaired) electrons. The monoisotopic (exact) mass is 264 g/mol. The Hall–Kier alpha value is -0.710. The molecule has 0 aromatic heterocycles. The number of thiocarbonyl (C=S) groups is 1. The van der Waals surface area contributed by atoms with Crippen molar-refractivity contribution >= 4 is 40.5 Å². The molecule has 0 atom stereocenters. The molecule has 82 valence electrons. The highest BCUT2D eigenvalue weighted by Crippen LogP contribution is 2.23. The molecule has 3 N–H and O–H groups in total. The molecule has 0 fully saturated rings. The van der Waals surface area contributed by atoms with Crippen molar-refractivity contribution in [1.29, 1.82) is 0 Å². The summed E-state index contributed by atoms with van der Waals surface area (Å²) >= 11 is 16.2. The molecule has 0 aliphatic rings. The van der Waals surface area contributed by atoms with Crippen LogP contribution in [0.2, 0.25) is 10.0 Å². The van der Waals surface area contributed by atoms with E-state index in [1.54, 1.807) is 18.2 Å². The molecular formula is C9H10Cl2N2OS. The van der Waals surface area contributed by atoms with Gasteiger partial charge in [-0.3, -0.25) is 0 Å². The van der Waals surface area contributed by atoms with Crippen molar-refractivity contribution in [2.24, 2.45) is 5.73 Å². The van der Waals surface area contributed by atoms with Gasteiger partial charge in [0.25, 0.3) is 0 Å². The molecule has 3 nitrogen and oxygen atoms in total. The Bertz CT molecular complexity index is 340. The van der Waals surface area contributed by atoms with Gasteiger partial charge >= 0.3 is 0 Å². The summed E-state index contributed by atoms with van der Waals surface area (Å²) in [5, 5.41) is 4.10. The van der Waals surface area contributed by atoms with Crippen molar-refractivity contribution in [1.82, 2.24) is 5.32 Å². The zero-order chi connectivity index (χ0) is 11.3. The smallest absolute Gasteiger partial charge is 0.163 e. The fourth-order valence-electron chi connectivity index (χ4n) is 0.955. The summed E-state index contributed by atoms with van der Waals surface area (Å²) in [6.07, 6.45) is 0. The van der Waals surface area contributed by atoms with Crippen LogP contribution in [0, 0.1) is 0 Å². The van der Waals surface area contributed by atoms with Crippen molar-refractivity contribution in [2.75, 3.05) is 13.2 Å². The second-order valence-corrected chi connectivity index (χ2v) is 4.06. The Kier molecular flexibility index (Phi) is 4.94. The van der Waals surface area contributed by atoms with Crippen LogP contribution in [-0.4, -0.2) is 18.3 Å². The van der Waals surface area contributed by atoms with E-state index in [4.69, 9.17) is 33.7 Å². The number of benzene rings is 1. The van der Waals surface area contributed by atoms with Gasteiger partial charge < -0.3 is 15.8 Å². The van der Waals surface area contributed by atoms with Crippen LogP contribution in [0.5, 0.6) is 5.75 Å². The minimum absolute atomic E-state index is 0.253. The van der Waals surface area contributed by atoms with Crippen LogP contribution in [0.1, 0.15) is 0 Å². The fourth-order valence-corrected chi connectivity index (χ4v) is 1.56. The molecular weight excluding hydrogens is 255 g/mol. The lowest BCUT2D eigenvalue weighted by molar-refractivity contribution is 0.322. The summed E-state index contributed by atoms with van der Waals surface area (Å²) in [6.45, 7) is 0.980. The van der Waals surface area contributed by atoms with Crippen molar-refractivity contribution < 1.29 is 4.74 Å². The zero-order valence-corrected chi connectivity index (χ0v) is 10.1. The lowest BCUT2D eigenvalue weighted by Crippen LogP contribution is -2.32. The van der Waals surface area contributed by atoms with E-state index in [1.165, 1.54) is 0 Å². The van der Waals surface area contributed by atoms with Crippen molar-refractivity contribution in [2.45, 2.75) is 0 Å². The maximum Gasteiger partial charge on any atom is 0.163 e. The van der Waals surface area contributed by atoms with Crippen LogP contribution < -0.4 is 15.8 Å². The molecule has 0 aliphatic carbocycles. The van der Waals surface area contributed by atoms with Gasteiger partial charge in [0.05, 0.1) is 6.54 Å². The number of hydrogen-bond acceptors (Lipinski definition) is 2. The van der Waals surface area contributed by atoms with Crippen LogP contribution in [0.15, 0.2) is 18.2 Å². The Morgan fingerprint density at radius 3 is 2.47 bits per heavy atom. The molecule has 0 spiro atoms. The van der Waals surface area contributed by atoms with E-state index in [2.05, 4.69) is 17.5 Å². The van der Waals surface area contributed by atoms with E-state index >= 15 is 0 Å². The van der Waals surface area contributed by atoms with Crippen molar-refractivity contribution in [3.8, 4) is 5.75 Å². The van der Waals surface area contributed by atoms with Gasteiger partial charge in [-0.05, 0) is 30.4 Å². The SMILES string of the molecule is NC(=S)NCCOc1cc(Cl)cc(Cl)c1. The van der Waals surface area contributed by atoms with Gasteiger partial charge in [-0.1, -0.05) is 23.2 Å². The normalized spacial score (nSPS) is 9.73. The Morgan fingerprint density at radius 1 is 1.33 bits per heavy atom. The average molecular weight is 265 g/mol. The highest BCUT2D eigenvalue weighted by molar-refractivity contribution is 7.80. The molecule has 1 aromatic carbocycles. The molecule has 1 aromatic rings. The second kappa shape index (κ2) is 6.00. The summed E-state index contributed by atoms with van der Waals surface area (Å²) in [5.41, 5.74) is 5.24. The maximum absolute atomic E-state index is 5.79. The predicted octanol–water partition coefficient (Wildman–Crippen LogP) is 2.21. The third-order valence-electron chi connectivity index (χ3n) is 1.51. The number of hydrogen-bond donors (Lipinski definition) is 2. The molecule has 6 heteroatoms. The number of rotatable bonds is 4. The molecule has 0 heterocycles. The highest BCUT2D eigenvalue weighted by atomic mass is 35.5. The topological polar surface area (TPSA) is 47.3 Å². The van der Waals surface area contributed by atoms with E-state index in [0.717, 1.165) is 0 Å². The second-order valence-electron chi connectivity index (χ2n) is 2.74. The fraction of sp³-hybridized carbons (Fsp3) is 0.222. The van der Waals surface area contributed by atoms with Crippen LogP contribution >= 0.6 is 35.4 Å². The molecule has 0 saturated carbocycles. The average Bonchev–Trinajstić information content (AvgIpc) is 2.10. The van der Waals surface area contributed by atoms with Gasteiger partial charge in [0.2, 0.25) is 0 Å². The first-order chi connectivity index (χ1) is 7.08. The van der Waals surface area contributed by atoms with E-state index in [-0.39, 0.29) is 5.11 Å². The molecule has 0 aliphatic heterocycles.